The maximum atomic E-state index is 11.3. The number of nitrogens with one attached hydrogen (secondary N) is 1. The summed E-state index contributed by atoms with van der Waals surface area (Å²) in [5, 5.41) is 16.4. The molecule has 1 N–H and O–H groups in total. The van der Waals surface area contributed by atoms with Crippen LogP contribution in [0.2, 0.25) is 0 Å². The fraction of sp³-hybridized carbons (Fsp3) is 0. The van der Waals surface area contributed by atoms with Gasteiger partial charge in [0.1, 0.15) is 12.7 Å². The van der Waals surface area contributed by atoms with Gasteiger partial charge < -0.3 is 5.32 Å². The van der Waals surface area contributed by atoms with Gasteiger partial charge in [-0.25, -0.2) is 19.9 Å². The molecule has 0 bridgehead atoms. The normalized spacial score (nSPS) is 10.4. The molecule has 0 aliphatic carbocycles. The van der Waals surface area contributed by atoms with Crippen LogP contribution in [-0.4, -0.2) is 29.4 Å². The zero-order chi connectivity index (χ0) is 13.9. The smallest absolute Gasteiger partial charge is 0.310 e. The molecule has 0 radical (unpaired) electrons. The Bertz CT molecular complexity index is 726. The first kappa shape index (κ1) is 12.2. The second-order valence-electron chi connectivity index (χ2n) is 3.58. The molecule has 3 rings (SSSR count). The molecule has 10 heteroatoms. The molecule has 3 aromatic rings. The van der Waals surface area contributed by atoms with Crippen molar-refractivity contribution in [1.82, 2.24) is 24.5 Å². The third-order valence-electron chi connectivity index (χ3n) is 2.39. The number of nitro groups is 1. The van der Waals surface area contributed by atoms with Gasteiger partial charge in [-0.2, -0.15) is 0 Å². The van der Waals surface area contributed by atoms with E-state index in [1.165, 1.54) is 34.8 Å². The van der Waals surface area contributed by atoms with Gasteiger partial charge in [-0.15, -0.1) is 11.3 Å². The molecule has 3 heterocycles. The number of hydrogen-bond donors (Lipinski definition) is 1. The average Bonchev–Trinajstić information content (AvgIpc) is 3.11. The number of anilines is 2. The van der Waals surface area contributed by atoms with Crippen LogP contribution in [-0.2, 0) is 0 Å². The summed E-state index contributed by atoms with van der Waals surface area (Å²) in [4.78, 5) is 26.5. The van der Waals surface area contributed by atoms with E-state index in [2.05, 4.69) is 25.3 Å². The van der Waals surface area contributed by atoms with Crippen molar-refractivity contribution in [2.75, 3.05) is 5.32 Å². The largest absolute Gasteiger partial charge is 0.354 e. The summed E-state index contributed by atoms with van der Waals surface area (Å²) in [7, 11) is 0. The quantitative estimate of drug-likeness (QED) is 0.575. The highest BCUT2D eigenvalue weighted by atomic mass is 32.1. The van der Waals surface area contributed by atoms with Crippen LogP contribution < -0.4 is 5.32 Å². The highest BCUT2D eigenvalue weighted by Crippen LogP contribution is 2.30. The molecule has 0 atom stereocenters. The molecule has 0 saturated heterocycles. The van der Waals surface area contributed by atoms with E-state index in [9.17, 15) is 10.1 Å². The van der Waals surface area contributed by atoms with Crippen molar-refractivity contribution < 1.29 is 4.92 Å². The van der Waals surface area contributed by atoms with Crippen LogP contribution in [0.1, 0.15) is 0 Å². The molecule has 20 heavy (non-hydrogen) atoms. The Morgan fingerprint density at radius 1 is 1.30 bits per heavy atom. The maximum absolute atomic E-state index is 11.3. The molecule has 0 amide bonds. The summed E-state index contributed by atoms with van der Waals surface area (Å²) in [5.74, 6) is 0.227. The molecular weight excluding hydrogens is 282 g/mol. The molecule has 0 aliphatic heterocycles. The van der Waals surface area contributed by atoms with Gasteiger partial charge in [-0.3, -0.25) is 14.7 Å². The molecular formula is C10H7N7O2S. The van der Waals surface area contributed by atoms with Crippen molar-refractivity contribution in [2.24, 2.45) is 0 Å². The molecule has 0 fully saturated rings. The van der Waals surface area contributed by atoms with E-state index in [4.69, 9.17) is 0 Å². The molecule has 9 nitrogen and oxygen atoms in total. The van der Waals surface area contributed by atoms with Crippen molar-refractivity contribution in [1.29, 1.82) is 0 Å². The third-order valence-corrected chi connectivity index (χ3v) is 3.08. The molecule has 0 aliphatic rings. The van der Waals surface area contributed by atoms with E-state index >= 15 is 0 Å². The average molecular weight is 289 g/mol. The summed E-state index contributed by atoms with van der Waals surface area (Å²) in [6, 6.07) is 0. The third kappa shape index (κ3) is 2.19. The highest BCUT2D eigenvalue weighted by molar-refractivity contribution is 7.13. The van der Waals surface area contributed by atoms with Crippen LogP contribution in [0.4, 0.5) is 16.6 Å². The first-order valence-electron chi connectivity index (χ1n) is 5.40. The molecule has 0 saturated carbocycles. The zero-order valence-electron chi connectivity index (χ0n) is 9.87. The lowest BCUT2D eigenvalue weighted by Crippen LogP contribution is -2.06. The lowest BCUT2D eigenvalue weighted by molar-refractivity contribution is -0.384. The van der Waals surface area contributed by atoms with Gasteiger partial charge in [-0.1, -0.05) is 0 Å². The van der Waals surface area contributed by atoms with E-state index in [1.54, 1.807) is 17.8 Å². The van der Waals surface area contributed by atoms with Crippen molar-refractivity contribution in [3.63, 3.8) is 0 Å². The van der Waals surface area contributed by atoms with E-state index in [1.807, 2.05) is 0 Å². The predicted octanol–water partition coefficient (Wildman–Crippen LogP) is 1.77. The van der Waals surface area contributed by atoms with E-state index in [0.717, 1.165) is 0 Å². The summed E-state index contributed by atoms with van der Waals surface area (Å²) < 4.78 is 1.45. The Labute approximate surface area is 116 Å². The van der Waals surface area contributed by atoms with Crippen LogP contribution in [0.25, 0.3) is 5.82 Å². The van der Waals surface area contributed by atoms with Gasteiger partial charge >= 0.3 is 5.69 Å². The van der Waals surface area contributed by atoms with E-state index < -0.39 is 4.92 Å². The van der Waals surface area contributed by atoms with Gasteiger partial charge in [0.25, 0.3) is 0 Å². The Kier molecular flexibility index (Phi) is 3.05. The number of imidazole rings is 1. The lowest BCUT2D eigenvalue weighted by atomic mass is 10.4. The minimum absolute atomic E-state index is 0.0867. The summed E-state index contributed by atoms with van der Waals surface area (Å²) in [6.45, 7) is 0. The van der Waals surface area contributed by atoms with Crippen molar-refractivity contribution >= 4 is 28.0 Å². The molecule has 0 spiro atoms. The first-order chi connectivity index (χ1) is 9.75. The SMILES string of the molecule is O=[N+]([O-])c1c(Nc2nccs2)ncnc1-n1ccnc1. The fourth-order valence-corrected chi connectivity index (χ4v) is 2.12. The summed E-state index contributed by atoms with van der Waals surface area (Å²) >= 11 is 1.32. The zero-order valence-corrected chi connectivity index (χ0v) is 10.7. The van der Waals surface area contributed by atoms with Gasteiger partial charge in [0.05, 0.1) is 4.92 Å². The number of rotatable bonds is 4. The van der Waals surface area contributed by atoms with Crippen molar-refractivity contribution in [2.45, 2.75) is 0 Å². The number of aromatic nitrogens is 5. The predicted molar refractivity (Wildman–Crippen MR) is 71.2 cm³/mol. The topological polar surface area (TPSA) is 112 Å². The van der Waals surface area contributed by atoms with Crippen LogP contribution in [0.15, 0.2) is 36.6 Å². The van der Waals surface area contributed by atoms with Crippen LogP contribution in [0.3, 0.4) is 0 Å². The van der Waals surface area contributed by atoms with Crippen LogP contribution in [0.5, 0.6) is 0 Å². The Balaban J connectivity index is 2.10. The second-order valence-corrected chi connectivity index (χ2v) is 4.48. The Morgan fingerprint density at radius 2 is 2.20 bits per heavy atom. The first-order valence-corrected chi connectivity index (χ1v) is 6.28. The van der Waals surface area contributed by atoms with Gasteiger partial charge in [0.15, 0.2) is 5.13 Å². The highest BCUT2D eigenvalue weighted by Gasteiger charge is 2.24. The van der Waals surface area contributed by atoms with E-state index in [-0.39, 0.29) is 17.3 Å². The summed E-state index contributed by atoms with van der Waals surface area (Å²) in [6.07, 6.45) is 7.36. The van der Waals surface area contributed by atoms with E-state index in [0.29, 0.717) is 5.13 Å². The minimum Gasteiger partial charge on any atom is -0.310 e. The minimum atomic E-state index is -0.536. The second kappa shape index (κ2) is 5.01. The van der Waals surface area contributed by atoms with Crippen molar-refractivity contribution in [3.05, 3.63) is 46.7 Å². The standard InChI is InChI=1S/C10H7N7O2S/c18-17(19)7-8(15-10-12-2-4-20-10)13-5-14-9(7)16-3-1-11-6-16/h1-6H,(H,12,13,14,15). The van der Waals surface area contributed by atoms with Crippen LogP contribution >= 0.6 is 11.3 Å². The van der Waals surface area contributed by atoms with Crippen molar-refractivity contribution in [3.8, 4) is 5.82 Å². The molecule has 3 aromatic heterocycles. The number of hydrogen-bond acceptors (Lipinski definition) is 8. The molecule has 0 unspecified atom stereocenters. The van der Waals surface area contributed by atoms with Gasteiger partial charge in [-0.05, 0) is 0 Å². The molecule has 100 valence electrons. The van der Waals surface area contributed by atoms with Gasteiger partial charge in [0, 0.05) is 24.0 Å². The summed E-state index contributed by atoms with van der Waals surface area (Å²) in [5.41, 5.74) is -0.235. The Hall–Kier alpha value is -2.88. The monoisotopic (exact) mass is 289 g/mol. The fourth-order valence-electron chi connectivity index (χ4n) is 1.59. The molecule has 0 aromatic carbocycles. The van der Waals surface area contributed by atoms with Gasteiger partial charge in [0.2, 0.25) is 11.6 Å². The maximum Gasteiger partial charge on any atom is 0.354 e. The number of thiazole rings is 1. The number of nitrogens with zero attached hydrogens (tertiary/aromatic N) is 6. The van der Waals surface area contributed by atoms with Crippen LogP contribution in [0, 0.1) is 10.1 Å². The Morgan fingerprint density at radius 3 is 2.85 bits per heavy atom. The lowest BCUT2D eigenvalue weighted by Gasteiger charge is -2.06.